The Labute approximate surface area is 261 Å². The fourth-order valence-corrected chi connectivity index (χ4v) is 6.29. The number of primary amides is 1. The number of likely N-dealkylation sites (tertiary alicyclic amines) is 1. The molecule has 1 aliphatic heterocycles. The number of amides is 2. The van der Waals surface area contributed by atoms with Crippen LogP contribution in [-0.2, 0) is 16.1 Å². The van der Waals surface area contributed by atoms with Crippen LogP contribution in [0.4, 0.5) is 0 Å². The molecule has 3 heterocycles. The number of aryl methyl sites for hydroxylation is 3. The third-order valence-electron chi connectivity index (χ3n) is 9.00. The van der Waals surface area contributed by atoms with Crippen LogP contribution in [-0.4, -0.2) is 75.4 Å². The van der Waals surface area contributed by atoms with Crippen LogP contribution in [0.5, 0.6) is 0 Å². The van der Waals surface area contributed by atoms with Crippen molar-refractivity contribution in [2.45, 2.75) is 84.5 Å². The summed E-state index contributed by atoms with van der Waals surface area (Å²) in [6.07, 6.45) is 13.7. The maximum Gasteiger partial charge on any atom is 0.255 e. The number of pyridine rings is 2. The van der Waals surface area contributed by atoms with E-state index in [2.05, 4.69) is 64.1 Å². The van der Waals surface area contributed by atoms with Gasteiger partial charge in [0, 0.05) is 43.1 Å². The third-order valence-corrected chi connectivity index (χ3v) is 9.00. The number of piperidine rings is 1. The SMILES string of the molecule is Cc1ccncc1CN(C1CCN([C@H](C)CCNC(=O)c2c(C)cc(C#N)nc2C)CC1)C1(C)C=CC(OCC(N)=O)=CC1. The van der Waals surface area contributed by atoms with E-state index < -0.39 is 5.91 Å². The van der Waals surface area contributed by atoms with Gasteiger partial charge >= 0.3 is 0 Å². The highest BCUT2D eigenvalue weighted by molar-refractivity contribution is 5.96. The molecule has 4 rings (SSSR count). The smallest absolute Gasteiger partial charge is 0.255 e. The van der Waals surface area contributed by atoms with Gasteiger partial charge in [0.2, 0.25) is 0 Å². The van der Waals surface area contributed by atoms with Gasteiger partial charge in [-0.05, 0) is 114 Å². The van der Waals surface area contributed by atoms with Crippen molar-refractivity contribution in [3.05, 3.63) is 82.2 Å². The molecule has 2 atom stereocenters. The van der Waals surface area contributed by atoms with Crippen molar-refractivity contribution in [1.29, 1.82) is 5.26 Å². The fraction of sp³-hybridized carbons (Fsp3) is 0.500. The lowest BCUT2D eigenvalue weighted by atomic mass is 9.86. The molecule has 1 fully saturated rings. The van der Waals surface area contributed by atoms with E-state index in [1.54, 1.807) is 13.0 Å². The molecule has 2 aromatic heterocycles. The Bertz CT molecular complexity index is 1430. The molecule has 10 nitrogen and oxygen atoms in total. The van der Waals surface area contributed by atoms with Gasteiger partial charge in [-0.25, -0.2) is 4.98 Å². The first-order chi connectivity index (χ1) is 21.0. The number of ether oxygens (including phenoxy) is 1. The highest BCUT2D eigenvalue weighted by atomic mass is 16.5. The van der Waals surface area contributed by atoms with E-state index in [0.717, 1.165) is 50.9 Å². The van der Waals surface area contributed by atoms with Gasteiger partial charge in [0.05, 0.1) is 11.3 Å². The summed E-state index contributed by atoms with van der Waals surface area (Å²) < 4.78 is 5.56. The highest BCUT2D eigenvalue weighted by Gasteiger charge is 2.37. The fourth-order valence-electron chi connectivity index (χ4n) is 6.29. The largest absolute Gasteiger partial charge is 0.484 e. The first kappa shape index (κ1) is 32.8. The molecule has 2 aliphatic rings. The summed E-state index contributed by atoms with van der Waals surface area (Å²) in [6.45, 7) is 13.4. The van der Waals surface area contributed by atoms with Crippen molar-refractivity contribution < 1.29 is 14.3 Å². The predicted octanol–water partition coefficient (Wildman–Crippen LogP) is 3.85. The van der Waals surface area contributed by atoms with Crippen LogP contribution in [0.1, 0.15) is 78.0 Å². The molecule has 0 spiro atoms. The lowest BCUT2D eigenvalue weighted by Gasteiger charge is -2.48. The van der Waals surface area contributed by atoms with Gasteiger partial charge in [-0.15, -0.1) is 0 Å². The molecular weight excluding hydrogens is 554 g/mol. The molecule has 1 unspecified atom stereocenters. The second-order valence-corrected chi connectivity index (χ2v) is 12.2. The second kappa shape index (κ2) is 14.6. The van der Waals surface area contributed by atoms with Gasteiger partial charge in [0.15, 0.2) is 6.61 Å². The molecule has 1 aliphatic carbocycles. The van der Waals surface area contributed by atoms with E-state index >= 15 is 0 Å². The third kappa shape index (κ3) is 8.10. The molecule has 0 radical (unpaired) electrons. The molecule has 10 heteroatoms. The Morgan fingerprint density at radius 2 is 2.02 bits per heavy atom. The molecule has 3 N–H and O–H groups in total. The van der Waals surface area contributed by atoms with Crippen molar-refractivity contribution in [2.75, 3.05) is 26.2 Å². The maximum absolute atomic E-state index is 12.9. The molecule has 0 saturated carbocycles. The highest BCUT2D eigenvalue weighted by Crippen LogP contribution is 2.34. The van der Waals surface area contributed by atoms with E-state index in [1.165, 1.54) is 11.1 Å². The standard InChI is InChI=1S/C34H45N7O3/c1-23-8-14-37-20-27(23)21-41(34(5)12-6-30(7-13-34)44-22-31(36)42)29-10-16-40(17-11-29)25(3)9-15-38-33(43)32-24(2)18-28(19-35)39-26(32)4/h6-8,12,14,18,20,25,29H,9-11,13,15-17,21-22H2,1-5H3,(H2,36,42)(H,38,43)/t25-,34?/m1/s1. The van der Waals surface area contributed by atoms with E-state index in [-0.39, 0.29) is 18.1 Å². The summed E-state index contributed by atoms with van der Waals surface area (Å²) in [5.74, 6) is 0.0454. The van der Waals surface area contributed by atoms with E-state index in [0.29, 0.717) is 41.3 Å². The van der Waals surface area contributed by atoms with Gasteiger partial charge in [-0.1, -0.05) is 6.08 Å². The lowest BCUT2D eigenvalue weighted by molar-refractivity contribution is -0.121. The second-order valence-electron chi connectivity index (χ2n) is 12.2. The Balaban J connectivity index is 1.36. The number of nitrogens with zero attached hydrogens (tertiary/aromatic N) is 5. The maximum atomic E-state index is 12.9. The first-order valence-corrected chi connectivity index (χ1v) is 15.4. The van der Waals surface area contributed by atoms with Crippen LogP contribution in [0.3, 0.4) is 0 Å². The minimum atomic E-state index is -0.488. The summed E-state index contributed by atoms with van der Waals surface area (Å²) in [7, 11) is 0. The van der Waals surface area contributed by atoms with E-state index in [1.807, 2.05) is 31.5 Å². The van der Waals surface area contributed by atoms with Gasteiger partial charge < -0.3 is 20.7 Å². The average molecular weight is 600 g/mol. The Kier molecular flexibility index (Phi) is 10.9. The van der Waals surface area contributed by atoms with Gasteiger partial charge in [0.1, 0.15) is 17.5 Å². The molecule has 44 heavy (non-hydrogen) atoms. The number of carbonyl (C=O) groups excluding carboxylic acids is 2. The zero-order valence-electron chi connectivity index (χ0n) is 26.6. The zero-order chi connectivity index (χ0) is 31.9. The number of nitrogens with one attached hydrogen (secondary N) is 1. The van der Waals surface area contributed by atoms with Gasteiger partial charge in [-0.2, -0.15) is 5.26 Å². The van der Waals surface area contributed by atoms with E-state index in [9.17, 15) is 9.59 Å². The summed E-state index contributed by atoms with van der Waals surface area (Å²) >= 11 is 0. The quantitative estimate of drug-likeness (QED) is 0.375. The van der Waals surface area contributed by atoms with E-state index in [4.69, 9.17) is 15.7 Å². The number of nitrogens with two attached hydrogens (primary N) is 1. The van der Waals surface area contributed by atoms with Crippen LogP contribution in [0.2, 0.25) is 0 Å². The predicted molar refractivity (Wildman–Crippen MR) is 169 cm³/mol. The number of aromatic nitrogens is 2. The van der Waals surface area contributed by atoms with Crippen molar-refractivity contribution >= 4 is 11.8 Å². The molecule has 0 bridgehead atoms. The molecule has 2 amide bonds. The number of allylic oxidation sites excluding steroid dienone is 1. The molecule has 1 saturated heterocycles. The molecular formula is C34H45N7O3. The van der Waals surface area contributed by atoms with Crippen LogP contribution < -0.4 is 11.1 Å². The first-order valence-electron chi connectivity index (χ1n) is 15.4. The van der Waals surface area contributed by atoms with Crippen LogP contribution in [0, 0.1) is 32.1 Å². The van der Waals surface area contributed by atoms with Crippen molar-refractivity contribution in [3.63, 3.8) is 0 Å². The number of carbonyl (C=O) groups is 2. The topological polar surface area (TPSA) is 137 Å². The summed E-state index contributed by atoms with van der Waals surface area (Å²) in [6, 6.07) is 6.47. The zero-order valence-corrected chi connectivity index (χ0v) is 26.6. The van der Waals surface area contributed by atoms with Crippen LogP contribution >= 0.6 is 0 Å². The minimum absolute atomic E-state index is 0.127. The number of hydrogen-bond donors (Lipinski definition) is 2. The average Bonchev–Trinajstić information content (AvgIpc) is 3.00. The molecule has 2 aromatic rings. The number of hydrogen-bond acceptors (Lipinski definition) is 8. The summed E-state index contributed by atoms with van der Waals surface area (Å²) in [5.41, 5.74) is 9.70. The van der Waals surface area contributed by atoms with Gasteiger partial charge in [0.25, 0.3) is 11.8 Å². The van der Waals surface area contributed by atoms with Gasteiger partial charge in [-0.3, -0.25) is 19.5 Å². The van der Waals surface area contributed by atoms with Crippen molar-refractivity contribution in [1.82, 2.24) is 25.1 Å². The lowest BCUT2D eigenvalue weighted by Crippen LogP contribution is -2.55. The Morgan fingerprint density at radius 3 is 2.64 bits per heavy atom. The van der Waals surface area contributed by atoms with Crippen LogP contribution in [0.15, 0.2) is 48.5 Å². The molecule has 0 aromatic carbocycles. The van der Waals surface area contributed by atoms with Crippen molar-refractivity contribution in [2.24, 2.45) is 5.73 Å². The van der Waals surface area contributed by atoms with Crippen molar-refractivity contribution in [3.8, 4) is 6.07 Å². The summed E-state index contributed by atoms with van der Waals surface area (Å²) in [4.78, 5) is 37.8. The normalized spacial score (nSPS) is 19.7. The number of rotatable bonds is 12. The Hall–Kier alpha value is -4.07. The number of nitriles is 1. The minimum Gasteiger partial charge on any atom is -0.484 e. The summed E-state index contributed by atoms with van der Waals surface area (Å²) in [5, 5.41) is 12.2. The monoisotopic (exact) mass is 599 g/mol. The molecule has 234 valence electrons. The Morgan fingerprint density at radius 1 is 1.27 bits per heavy atom. The van der Waals surface area contributed by atoms with Crippen LogP contribution in [0.25, 0.3) is 0 Å².